The Morgan fingerprint density at radius 3 is 2.75 bits per heavy atom. The average Bonchev–Trinajstić information content (AvgIpc) is 2.84. The van der Waals surface area contributed by atoms with Crippen molar-refractivity contribution in [3.8, 4) is 0 Å². The highest BCUT2D eigenvalue weighted by atomic mass is 15.0. The first-order chi connectivity index (χ1) is 7.60. The monoisotopic (exact) mass is 215 g/mol. The molecular formula is C13H17N3. The van der Waals surface area contributed by atoms with Gasteiger partial charge in [0.05, 0.1) is 11.2 Å². The summed E-state index contributed by atoms with van der Waals surface area (Å²) in [7, 11) is 0. The van der Waals surface area contributed by atoms with E-state index in [1.807, 2.05) is 6.07 Å². The van der Waals surface area contributed by atoms with E-state index in [-0.39, 0.29) is 5.54 Å². The van der Waals surface area contributed by atoms with Crippen LogP contribution in [-0.4, -0.2) is 9.38 Å². The van der Waals surface area contributed by atoms with Crippen LogP contribution in [0.1, 0.15) is 44.0 Å². The standard InChI is InChI=1S/C13H17N3/c1-9(2)10-8-16-11(13(14)6-7-13)4-3-5-12(16)15-10/h3-5,8-9H,6-7,14H2,1-2H3. The lowest BCUT2D eigenvalue weighted by Gasteiger charge is -2.11. The van der Waals surface area contributed by atoms with Crippen molar-refractivity contribution in [3.05, 3.63) is 35.8 Å². The zero-order chi connectivity index (χ0) is 11.3. The van der Waals surface area contributed by atoms with Gasteiger partial charge in [-0.05, 0) is 30.9 Å². The number of hydrogen-bond donors (Lipinski definition) is 1. The Kier molecular flexibility index (Phi) is 1.89. The summed E-state index contributed by atoms with van der Waals surface area (Å²) in [6.07, 6.45) is 4.30. The van der Waals surface area contributed by atoms with E-state index in [4.69, 9.17) is 5.73 Å². The molecule has 3 rings (SSSR count). The molecule has 1 aliphatic rings. The van der Waals surface area contributed by atoms with Gasteiger partial charge >= 0.3 is 0 Å². The highest BCUT2D eigenvalue weighted by molar-refractivity contribution is 5.44. The van der Waals surface area contributed by atoms with E-state index in [1.165, 1.54) is 5.69 Å². The topological polar surface area (TPSA) is 43.3 Å². The maximum Gasteiger partial charge on any atom is 0.137 e. The van der Waals surface area contributed by atoms with Gasteiger partial charge in [-0.15, -0.1) is 0 Å². The molecule has 0 aliphatic heterocycles. The molecule has 1 fully saturated rings. The molecule has 2 heterocycles. The molecule has 0 atom stereocenters. The van der Waals surface area contributed by atoms with Crippen LogP contribution in [0, 0.1) is 0 Å². The molecule has 84 valence electrons. The molecule has 0 saturated heterocycles. The predicted octanol–water partition coefficient (Wildman–Crippen LogP) is 2.41. The minimum Gasteiger partial charge on any atom is -0.320 e. The Bertz CT molecular complexity index is 535. The first-order valence-corrected chi connectivity index (χ1v) is 5.87. The van der Waals surface area contributed by atoms with Crippen molar-refractivity contribution in [1.82, 2.24) is 9.38 Å². The van der Waals surface area contributed by atoms with Crippen LogP contribution in [0.2, 0.25) is 0 Å². The van der Waals surface area contributed by atoms with Crippen LogP contribution in [0.5, 0.6) is 0 Å². The molecular weight excluding hydrogens is 198 g/mol. The first kappa shape index (κ1) is 9.85. The van der Waals surface area contributed by atoms with Crippen LogP contribution < -0.4 is 5.73 Å². The highest BCUT2D eigenvalue weighted by Crippen LogP contribution is 2.42. The zero-order valence-corrected chi connectivity index (χ0v) is 9.77. The molecule has 0 radical (unpaired) electrons. The molecule has 3 nitrogen and oxygen atoms in total. The largest absolute Gasteiger partial charge is 0.320 e. The van der Waals surface area contributed by atoms with Crippen LogP contribution in [-0.2, 0) is 5.54 Å². The molecule has 0 unspecified atom stereocenters. The third-order valence-corrected chi connectivity index (χ3v) is 3.40. The second-order valence-electron chi connectivity index (χ2n) is 5.12. The van der Waals surface area contributed by atoms with Crippen molar-refractivity contribution >= 4 is 5.65 Å². The Morgan fingerprint density at radius 1 is 1.38 bits per heavy atom. The number of nitrogens with two attached hydrogens (primary N) is 1. The van der Waals surface area contributed by atoms with Gasteiger partial charge in [0.1, 0.15) is 5.65 Å². The van der Waals surface area contributed by atoms with Gasteiger partial charge in [-0.3, -0.25) is 0 Å². The van der Waals surface area contributed by atoms with Gasteiger partial charge < -0.3 is 10.1 Å². The van der Waals surface area contributed by atoms with Crippen LogP contribution >= 0.6 is 0 Å². The van der Waals surface area contributed by atoms with E-state index in [2.05, 4.69) is 41.6 Å². The number of aromatic nitrogens is 2. The summed E-state index contributed by atoms with van der Waals surface area (Å²) in [5, 5.41) is 0. The number of hydrogen-bond acceptors (Lipinski definition) is 2. The molecule has 0 amide bonds. The number of pyridine rings is 1. The van der Waals surface area contributed by atoms with Crippen molar-refractivity contribution in [2.45, 2.75) is 38.1 Å². The van der Waals surface area contributed by atoms with E-state index in [9.17, 15) is 0 Å². The quantitative estimate of drug-likeness (QED) is 0.836. The summed E-state index contributed by atoms with van der Waals surface area (Å²) in [4.78, 5) is 4.62. The van der Waals surface area contributed by atoms with Gasteiger partial charge in [0.25, 0.3) is 0 Å². The van der Waals surface area contributed by atoms with Gasteiger partial charge in [-0.2, -0.15) is 0 Å². The number of fused-ring (bicyclic) bond motifs is 1. The fraction of sp³-hybridized carbons (Fsp3) is 0.462. The van der Waals surface area contributed by atoms with Gasteiger partial charge in [0.15, 0.2) is 0 Å². The summed E-state index contributed by atoms with van der Waals surface area (Å²) >= 11 is 0. The lowest BCUT2D eigenvalue weighted by atomic mass is 10.1. The smallest absolute Gasteiger partial charge is 0.137 e. The van der Waals surface area contributed by atoms with Crippen molar-refractivity contribution in [3.63, 3.8) is 0 Å². The molecule has 2 aromatic rings. The van der Waals surface area contributed by atoms with Crippen molar-refractivity contribution in [2.75, 3.05) is 0 Å². The minimum atomic E-state index is -0.103. The van der Waals surface area contributed by atoms with E-state index < -0.39 is 0 Å². The van der Waals surface area contributed by atoms with E-state index >= 15 is 0 Å². The molecule has 2 N–H and O–H groups in total. The molecule has 16 heavy (non-hydrogen) atoms. The Hall–Kier alpha value is -1.35. The van der Waals surface area contributed by atoms with E-state index in [0.717, 1.165) is 24.2 Å². The molecule has 0 aromatic carbocycles. The summed E-state index contributed by atoms with van der Waals surface area (Å²) in [5.41, 5.74) is 9.51. The maximum atomic E-state index is 6.27. The fourth-order valence-corrected chi connectivity index (χ4v) is 2.10. The lowest BCUT2D eigenvalue weighted by Crippen LogP contribution is -2.21. The minimum absolute atomic E-state index is 0.103. The van der Waals surface area contributed by atoms with Gasteiger partial charge in [-0.25, -0.2) is 4.98 Å². The SMILES string of the molecule is CC(C)c1cn2c(C3(N)CC3)cccc2n1. The number of nitrogens with zero attached hydrogens (tertiary/aromatic N) is 2. The lowest BCUT2D eigenvalue weighted by molar-refractivity contribution is 0.693. The number of rotatable bonds is 2. The fourth-order valence-electron chi connectivity index (χ4n) is 2.10. The summed E-state index contributed by atoms with van der Waals surface area (Å²) in [6, 6.07) is 6.21. The Labute approximate surface area is 95.3 Å². The predicted molar refractivity (Wildman–Crippen MR) is 64.4 cm³/mol. The van der Waals surface area contributed by atoms with Gasteiger partial charge in [0, 0.05) is 11.9 Å². The molecule has 0 bridgehead atoms. The Morgan fingerprint density at radius 2 is 2.12 bits per heavy atom. The van der Waals surface area contributed by atoms with Crippen molar-refractivity contribution in [2.24, 2.45) is 5.73 Å². The molecule has 2 aromatic heterocycles. The molecule has 3 heteroatoms. The molecule has 0 spiro atoms. The van der Waals surface area contributed by atoms with Gasteiger partial charge in [0.2, 0.25) is 0 Å². The van der Waals surface area contributed by atoms with Gasteiger partial charge in [-0.1, -0.05) is 19.9 Å². The van der Waals surface area contributed by atoms with E-state index in [0.29, 0.717) is 5.92 Å². The van der Waals surface area contributed by atoms with Crippen LogP contribution in [0.15, 0.2) is 24.4 Å². The van der Waals surface area contributed by atoms with Crippen LogP contribution in [0.3, 0.4) is 0 Å². The second-order valence-corrected chi connectivity index (χ2v) is 5.12. The maximum absolute atomic E-state index is 6.27. The number of imidazole rings is 1. The highest BCUT2D eigenvalue weighted by Gasteiger charge is 2.41. The third-order valence-electron chi connectivity index (χ3n) is 3.40. The third kappa shape index (κ3) is 1.35. The summed E-state index contributed by atoms with van der Waals surface area (Å²) in [5.74, 6) is 0.459. The van der Waals surface area contributed by atoms with Crippen molar-refractivity contribution in [1.29, 1.82) is 0 Å². The van der Waals surface area contributed by atoms with Crippen molar-refractivity contribution < 1.29 is 0 Å². The summed E-state index contributed by atoms with van der Waals surface area (Å²) < 4.78 is 2.16. The molecule has 1 saturated carbocycles. The van der Waals surface area contributed by atoms with Crippen LogP contribution in [0.4, 0.5) is 0 Å². The normalized spacial score (nSPS) is 18.2. The summed E-state index contributed by atoms with van der Waals surface area (Å²) in [6.45, 7) is 4.33. The molecule has 1 aliphatic carbocycles. The second kappa shape index (κ2) is 3.08. The van der Waals surface area contributed by atoms with Crippen LogP contribution in [0.25, 0.3) is 5.65 Å². The van der Waals surface area contributed by atoms with E-state index in [1.54, 1.807) is 0 Å². The Balaban J connectivity index is 2.22. The zero-order valence-electron chi connectivity index (χ0n) is 9.77. The average molecular weight is 215 g/mol. The first-order valence-electron chi connectivity index (χ1n) is 5.87.